The van der Waals surface area contributed by atoms with E-state index in [0.717, 1.165) is 37.8 Å². The van der Waals surface area contributed by atoms with Gasteiger partial charge in [0.1, 0.15) is 0 Å². The number of likely N-dealkylation sites (tertiary alicyclic amines) is 1. The van der Waals surface area contributed by atoms with Crippen LogP contribution in [-0.4, -0.2) is 44.1 Å². The summed E-state index contributed by atoms with van der Waals surface area (Å²) in [4.78, 5) is 15.5. The van der Waals surface area contributed by atoms with Crippen molar-refractivity contribution in [1.29, 1.82) is 0 Å². The van der Waals surface area contributed by atoms with Gasteiger partial charge in [-0.2, -0.15) is 4.80 Å². The zero-order valence-electron chi connectivity index (χ0n) is 12.9. The van der Waals surface area contributed by atoms with Crippen molar-refractivity contribution >= 4 is 5.91 Å². The van der Waals surface area contributed by atoms with Gasteiger partial charge in [-0.15, -0.1) is 10.2 Å². The molecule has 116 valence electrons. The minimum absolute atomic E-state index is 0.0702. The summed E-state index contributed by atoms with van der Waals surface area (Å²) >= 11 is 0. The average Bonchev–Trinajstić information content (AvgIpc) is 2.95. The van der Waals surface area contributed by atoms with E-state index in [1.165, 1.54) is 43.3 Å². The number of aromatic nitrogens is 4. The van der Waals surface area contributed by atoms with E-state index in [-0.39, 0.29) is 11.7 Å². The largest absolute Gasteiger partial charge is 0.336 e. The van der Waals surface area contributed by atoms with Gasteiger partial charge in [0, 0.05) is 13.1 Å². The number of hydrogen-bond donors (Lipinski definition) is 0. The Morgan fingerprint density at radius 1 is 1.10 bits per heavy atom. The van der Waals surface area contributed by atoms with Crippen molar-refractivity contribution in [3.8, 4) is 0 Å². The highest BCUT2D eigenvalue weighted by Gasteiger charge is 2.27. The number of nitrogens with zero attached hydrogens (tertiary/aromatic N) is 5. The van der Waals surface area contributed by atoms with Crippen LogP contribution in [0.25, 0.3) is 0 Å². The van der Waals surface area contributed by atoms with Crippen LogP contribution < -0.4 is 0 Å². The minimum Gasteiger partial charge on any atom is -0.336 e. The molecule has 6 nitrogen and oxygen atoms in total. The molecule has 0 radical (unpaired) electrons. The maximum atomic E-state index is 12.3. The molecule has 2 aliphatic rings. The fraction of sp³-hybridized carbons (Fsp3) is 0.867. The molecule has 1 aliphatic carbocycles. The number of aryl methyl sites for hydroxylation is 1. The van der Waals surface area contributed by atoms with Crippen LogP contribution in [0.1, 0.15) is 62.0 Å². The summed E-state index contributed by atoms with van der Waals surface area (Å²) in [6, 6.07) is 0. The Morgan fingerprint density at radius 2 is 1.76 bits per heavy atom. The first kappa shape index (κ1) is 14.5. The number of piperidine rings is 1. The van der Waals surface area contributed by atoms with Gasteiger partial charge in [0.2, 0.25) is 0 Å². The molecular formula is C15H25N5O. The molecule has 2 heterocycles. The summed E-state index contributed by atoms with van der Waals surface area (Å²) in [6.45, 7) is 1.68. The Morgan fingerprint density at radius 3 is 2.38 bits per heavy atom. The molecule has 1 aliphatic heterocycles. The minimum atomic E-state index is -0.0702. The number of carbonyl (C=O) groups excluding carboxylic acids is 1. The molecule has 0 spiro atoms. The fourth-order valence-electron chi connectivity index (χ4n) is 3.78. The van der Waals surface area contributed by atoms with Crippen LogP contribution in [0, 0.1) is 11.8 Å². The molecule has 0 N–H and O–H groups in total. The van der Waals surface area contributed by atoms with Crippen LogP contribution in [0.5, 0.6) is 0 Å². The van der Waals surface area contributed by atoms with Gasteiger partial charge in [-0.05, 0) is 36.3 Å². The second-order valence-electron chi connectivity index (χ2n) is 6.58. The first-order valence-corrected chi connectivity index (χ1v) is 8.25. The molecule has 1 saturated heterocycles. The molecule has 1 saturated carbocycles. The summed E-state index contributed by atoms with van der Waals surface area (Å²) in [6.07, 6.45) is 10.7. The molecule has 2 fully saturated rings. The molecule has 6 heteroatoms. The molecule has 0 unspecified atom stereocenters. The monoisotopic (exact) mass is 291 g/mol. The van der Waals surface area contributed by atoms with E-state index >= 15 is 0 Å². The third kappa shape index (κ3) is 3.60. The van der Waals surface area contributed by atoms with Gasteiger partial charge in [0.15, 0.2) is 0 Å². The van der Waals surface area contributed by atoms with Crippen LogP contribution in [-0.2, 0) is 7.05 Å². The lowest BCUT2D eigenvalue weighted by Crippen LogP contribution is -2.39. The highest BCUT2D eigenvalue weighted by Crippen LogP contribution is 2.32. The maximum Gasteiger partial charge on any atom is 0.295 e. The molecule has 21 heavy (non-hydrogen) atoms. The highest BCUT2D eigenvalue weighted by atomic mass is 16.2. The predicted molar refractivity (Wildman–Crippen MR) is 78.6 cm³/mol. The SMILES string of the molecule is Cn1nnc(C(=O)N2CCC(CC3CCCCC3)CC2)n1. The maximum absolute atomic E-state index is 12.3. The summed E-state index contributed by atoms with van der Waals surface area (Å²) in [7, 11) is 1.68. The van der Waals surface area contributed by atoms with Gasteiger partial charge in [-0.3, -0.25) is 4.79 Å². The Hall–Kier alpha value is -1.46. The van der Waals surface area contributed by atoms with Crippen LogP contribution in [0.2, 0.25) is 0 Å². The van der Waals surface area contributed by atoms with Crippen molar-refractivity contribution in [1.82, 2.24) is 25.1 Å². The first-order valence-electron chi connectivity index (χ1n) is 8.25. The van der Waals surface area contributed by atoms with Gasteiger partial charge in [-0.1, -0.05) is 32.1 Å². The van der Waals surface area contributed by atoms with Gasteiger partial charge in [0.05, 0.1) is 7.05 Å². The lowest BCUT2D eigenvalue weighted by Gasteiger charge is -2.34. The Balaban J connectivity index is 1.47. The van der Waals surface area contributed by atoms with Crippen molar-refractivity contribution in [2.45, 2.75) is 51.4 Å². The summed E-state index contributed by atoms with van der Waals surface area (Å²) < 4.78 is 0. The number of carbonyl (C=O) groups is 1. The molecule has 3 rings (SSSR count). The Kier molecular flexibility index (Phi) is 4.51. The van der Waals surface area contributed by atoms with Crippen molar-refractivity contribution in [2.24, 2.45) is 18.9 Å². The lowest BCUT2D eigenvalue weighted by molar-refractivity contribution is 0.0662. The molecule has 1 aromatic heterocycles. The topological polar surface area (TPSA) is 63.9 Å². The zero-order chi connectivity index (χ0) is 14.7. The molecule has 0 bridgehead atoms. The summed E-state index contributed by atoms with van der Waals surface area (Å²) in [5.41, 5.74) is 0. The van der Waals surface area contributed by atoms with Gasteiger partial charge >= 0.3 is 0 Å². The zero-order valence-corrected chi connectivity index (χ0v) is 12.9. The van der Waals surface area contributed by atoms with Crippen molar-refractivity contribution in [2.75, 3.05) is 13.1 Å². The van der Waals surface area contributed by atoms with Gasteiger partial charge in [-0.25, -0.2) is 0 Å². The first-order chi connectivity index (χ1) is 10.2. The van der Waals surface area contributed by atoms with E-state index in [0.29, 0.717) is 0 Å². The van der Waals surface area contributed by atoms with E-state index in [2.05, 4.69) is 15.4 Å². The quantitative estimate of drug-likeness (QED) is 0.855. The van der Waals surface area contributed by atoms with E-state index in [1.807, 2.05) is 4.90 Å². The van der Waals surface area contributed by atoms with Crippen LogP contribution in [0.4, 0.5) is 0 Å². The van der Waals surface area contributed by atoms with Crippen molar-refractivity contribution in [3.63, 3.8) is 0 Å². The van der Waals surface area contributed by atoms with Crippen LogP contribution >= 0.6 is 0 Å². The van der Waals surface area contributed by atoms with Crippen molar-refractivity contribution in [3.05, 3.63) is 5.82 Å². The molecular weight excluding hydrogens is 266 g/mol. The predicted octanol–water partition coefficient (Wildman–Crippen LogP) is 2.03. The van der Waals surface area contributed by atoms with E-state index in [4.69, 9.17) is 0 Å². The normalized spacial score (nSPS) is 21.7. The van der Waals surface area contributed by atoms with Crippen LogP contribution in [0.3, 0.4) is 0 Å². The Labute approximate surface area is 125 Å². The highest BCUT2D eigenvalue weighted by molar-refractivity contribution is 5.90. The second kappa shape index (κ2) is 6.54. The lowest BCUT2D eigenvalue weighted by atomic mass is 9.80. The molecule has 0 atom stereocenters. The molecule has 1 amide bonds. The van der Waals surface area contributed by atoms with Crippen LogP contribution in [0.15, 0.2) is 0 Å². The number of amides is 1. The second-order valence-corrected chi connectivity index (χ2v) is 6.58. The average molecular weight is 291 g/mol. The van der Waals surface area contributed by atoms with E-state index < -0.39 is 0 Å². The van der Waals surface area contributed by atoms with Crippen molar-refractivity contribution < 1.29 is 4.79 Å². The van der Waals surface area contributed by atoms with Gasteiger partial charge in [0.25, 0.3) is 11.7 Å². The smallest absolute Gasteiger partial charge is 0.295 e. The summed E-state index contributed by atoms with van der Waals surface area (Å²) in [5, 5.41) is 11.5. The number of hydrogen-bond acceptors (Lipinski definition) is 4. The fourth-order valence-corrected chi connectivity index (χ4v) is 3.78. The summed E-state index contributed by atoms with van der Waals surface area (Å²) in [5.74, 6) is 1.89. The third-order valence-electron chi connectivity index (χ3n) is 4.99. The molecule has 0 aromatic carbocycles. The number of rotatable bonds is 3. The third-order valence-corrected chi connectivity index (χ3v) is 4.99. The number of tetrazole rings is 1. The molecule has 1 aromatic rings. The van der Waals surface area contributed by atoms with E-state index in [1.54, 1.807) is 7.05 Å². The standard InChI is InChI=1S/C15H25N5O/c1-19-17-14(16-18-19)15(21)20-9-7-13(8-10-20)11-12-5-3-2-4-6-12/h12-13H,2-11H2,1H3. The van der Waals surface area contributed by atoms with E-state index in [9.17, 15) is 4.79 Å². The van der Waals surface area contributed by atoms with Gasteiger partial charge < -0.3 is 4.90 Å². The Bertz CT molecular complexity index is 472.